The molecule has 0 radical (unpaired) electrons. The SMILES string of the molecule is CCCCC(CCCC)(c1cccc(NC(C)=O)c1)c1cccc(-c2cnc(C)[nH]2)c1. The van der Waals surface area contributed by atoms with Gasteiger partial charge >= 0.3 is 0 Å². The highest BCUT2D eigenvalue weighted by molar-refractivity contribution is 5.88. The largest absolute Gasteiger partial charge is 0.342 e. The number of unbranched alkanes of at least 4 members (excludes halogenated alkanes) is 2. The van der Waals surface area contributed by atoms with Crippen molar-refractivity contribution in [1.82, 2.24) is 9.97 Å². The van der Waals surface area contributed by atoms with Crippen molar-refractivity contribution in [3.63, 3.8) is 0 Å². The van der Waals surface area contributed by atoms with Crippen molar-refractivity contribution >= 4 is 11.6 Å². The maximum atomic E-state index is 11.7. The lowest BCUT2D eigenvalue weighted by Gasteiger charge is -2.36. The number of carbonyl (C=O) groups is 1. The standard InChI is InChI=1S/C27H35N3O/c1-5-7-15-27(16-8-6-2,24-13-10-14-25(18-24)30-21(4)31)23-12-9-11-22(17-23)26-19-28-20(3)29-26/h9-14,17-19H,5-8,15-16H2,1-4H3,(H,28,29)(H,30,31). The number of carbonyl (C=O) groups excluding carboxylic acids is 1. The number of hydrogen-bond acceptors (Lipinski definition) is 2. The summed E-state index contributed by atoms with van der Waals surface area (Å²) < 4.78 is 0. The van der Waals surface area contributed by atoms with Gasteiger partial charge in [-0.2, -0.15) is 0 Å². The molecule has 4 heteroatoms. The molecule has 2 N–H and O–H groups in total. The van der Waals surface area contributed by atoms with Gasteiger partial charge in [0.2, 0.25) is 5.91 Å². The summed E-state index contributed by atoms with van der Waals surface area (Å²) in [6.45, 7) is 8.04. The van der Waals surface area contributed by atoms with Crippen LogP contribution in [-0.2, 0) is 10.2 Å². The van der Waals surface area contributed by atoms with E-state index in [-0.39, 0.29) is 11.3 Å². The Kier molecular flexibility index (Phi) is 7.67. The number of amides is 1. The van der Waals surface area contributed by atoms with Crippen molar-refractivity contribution in [1.29, 1.82) is 0 Å². The zero-order valence-corrected chi connectivity index (χ0v) is 19.3. The van der Waals surface area contributed by atoms with Gasteiger partial charge in [-0.25, -0.2) is 4.98 Å². The average Bonchev–Trinajstić information content (AvgIpc) is 3.20. The van der Waals surface area contributed by atoms with Crippen LogP contribution >= 0.6 is 0 Å². The molecular weight excluding hydrogens is 382 g/mol. The number of aromatic nitrogens is 2. The Hall–Kier alpha value is -2.88. The number of aromatic amines is 1. The Balaban J connectivity index is 2.14. The van der Waals surface area contributed by atoms with Crippen LogP contribution in [0.2, 0.25) is 0 Å². The van der Waals surface area contributed by atoms with Gasteiger partial charge < -0.3 is 10.3 Å². The number of nitrogens with zero attached hydrogens (tertiary/aromatic N) is 1. The summed E-state index contributed by atoms with van der Waals surface area (Å²) in [5, 5.41) is 2.97. The molecule has 0 aliphatic carbocycles. The van der Waals surface area contributed by atoms with Crippen molar-refractivity contribution in [3.05, 3.63) is 71.7 Å². The van der Waals surface area contributed by atoms with Gasteiger partial charge in [-0.05, 0) is 54.7 Å². The van der Waals surface area contributed by atoms with Gasteiger partial charge in [0.25, 0.3) is 0 Å². The van der Waals surface area contributed by atoms with Crippen LogP contribution in [0.1, 0.15) is 76.2 Å². The first-order valence-corrected chi connectivity index (χ1v) is 11.5. The predicted molar refractivity (Wildman–Crippen MR) is 129 cm³/mol. The van der Waals surface area contributed by atoms with Crippen molar-refractivity contribution in [2.45, 2.75) is 71.6 Å². The fourth-order valence-corrected chi connectivity index (χ4v) is 4.48. The van der Waals surface area contributed by atoms with Crippen LogP contribution in [-0.4, -0.2) is 15.9 Å². The average molecular weight is 418 g/mol. The minimum Gasteiger partial charge on any atom is -0.342 e. The van der Waals surface area contributed by atoms with Crippen molar-refractivity contribution in [2.24, 2.45) is 0 Å². The molecule has 0 bridgehead atoms. The van der Waals surface area contributed by atoms with E-state index in [2.05, 4.69) is 71.6 Å². The first-order chi connectivity index (χ1) is 15.0. The fraction of sp³-hybridized carbons (Fsp3) is 0.407. The topological polar surface area (TPSA) is 57.8 Å². The molecule has 3 rings (SSSR count). The van der Waals surface area contributed by atoms with E-state index in [4.69, 9.17) is 0 Å². The lowest BCUT2D eigenvalue weighted by molar-refractivity contribution is -0.114. The number of anilines is 1. The third-order valence-electron chi connectivity index (χ3n) is 6.08. The zero-order valence-electron chi connectivity index (χ0n) is 19.3. The highest BCUT2D eigenvalue weighted by Gasteiger charge is 2.33. The van der Waals surface area contributed by atoms with Crippen LogP contribution in [0.4, 0.5) is 5.69 Å². The third-order valence-corrected chi connectivity index (χ3v) is 6.08. The highest BCUT2D eigenvalue weighted by atomic mass is 16.1. The lowest BCUT2D eigenvalue weighted by Crippen LogP contribution is -2.28. The van der Waals surface area contributed by atoms with Gasteiger partial charge in [0.1, 0.15) is 5.82 Å². The van der Waals surface area contributed by atoms with E-state index in [0.717, 1.165) is 61.3 Å². The molecule has 0 unspecified atom stereocenters. The normalized spacial score (nSPS) is 11.5. The second kappa shape index (κ2) is 10.4. The molecule has 1 heterocycles. The number of hydrogen-bond donors (Lipinski definition) is 2. The quantitative estimate of drug-likeness (QED) is 0.373. The number of aryl methyl sites for hydroxylation is 1. The van der Waals surface area contributed by atoms with Gasteiger partial charge in [0.15, 0.2) is 0 Å². The number of imidazole rings is 1. The third kappa shape index (κ3) is 5.43. The van der Waals surface area contributed by atoms with Crippen molar-refractivity contribution < 1.29 is 4.79 Å². The molecule has 31 heavy (non-hydrogen) atoms. The Labute approximate surface area is 186 Å². The molecule has 0 saturated heterocycles. The Bertz CT molecular complexity index is 997. The highest BCUT2D eigenvalue weighted by Crippen LogP contribution is 2.43. The molecule has 0 atom stereocenters. The molecule has 3 aromatic rings. The van der Waals surface area contributed by atoms with Gasteiger partial charge in [0.05, 0.1) is 11.9 Å². The summed E-state index contributed by atoms with van der Waals surface area (Å²) >= 11 is 0. The van der Waals surface area contributed by atoms with Gasteiger partial charge in [-0.1, -0.05) is 69.9 Å². The molecule has 0 spiro atoms. The van der Waals surface area contributed by atoms with E-state index < -0.39 is 0 Å². The van der Waals surface area contributed by atoms with E-state index in [9.17, 15) is 4.79 Å². The first kappa shape index (κ1) is 22.8. The summed E-state index contributed by atoms with van der Waals surface area (Å²) in [4.78, 5) is 19.4. The van der Waals surface area contributed by atoms with E-state index in [0.29, 0.717) is 0 Å². The summed E-state index contributed by atoms with van der Waals surface area (Å²) in [5.41, 5.74) is 5.59. The van der Waals surface area contributed by atoms with E-state index in [1.54, 1.807) is 6.92 Å². The molecule has 0 aliphatic rings. The summed E-state index contributed by atoms with van der Waals surface area (Å²) in [5.74, 6) is 0.883. The van der Waals surface area contributed by atoms with E-state index in [1.807, 2.05) is 19.2 Å². The molecule has 164 valence electrons. The van der Waals surface area contributed by atoms with Crippen molar-refractivity contribution in [3.8, 4) is 11.3 Å². The predicted octanol–water partition coefficient (Wildman–Crippen LogP) is 7.01. The molecular formula is C27H35N3O. The Morgan fingerprint density at radius 3 is 2.23 bits per heavy atom. The van der Waals surface area contributed by atoms with Crippen LogP contribution in [0.5, 0.6) is 0 Å². The lowest BCUT2D eigenvalue weighted by atomic mass is 9.67. The first-order valence-electron chi connectivity index (χ1n) is 11.5. The van der Waals surface area contributed by atoms with Gasteiger partial charge in [-0.3, -0.25) is 4.79 Å². The van der Waals surface area contributed by atoms with Crippen molar-refractivity contribution in [2.75, 3.05) is 5.32 Å². The minimum absolute atomic E-state index is 0.0403. The van der Waals surface area contributed by atoms with Crippen LogP contribution < -0.4 is 5.32 Å². The number of benzene rings is 2. The number of nitrogens with one attached hydrogen (secondary N) is 2. The Morgan fingerprint density at radius 2 is 1.65 bits per heavy atom. The second-order valence-electron chi connectivity index (χ2n) is 8.51. The van der Waals surface area contributed by atoms with Gasteiger partial charge in [-0.15, -0.1) is 0 Å². The number of H-pyrrole nitrogens is 1. The van der Waals surface area contributed by atoms with Crippen LogP contribution in [0.25, 0.3) is 11.3 Å². The Morgan fingerprint density at radius 1 is 1.00 bits per heavy atom. The van der Waals surface area contributed by atoms with E-state index in [1.165, 1.54) is 11.1 Å². The molecule has 0 fully saturated rings. The maximum Gasteiger partial charge on any atom is 0.221 e. The van der Waals surface area contributed by atoms with Gasteiger partial charge in [0, 0.05) is 18.0 Å². The molecule has 0 aliphatic heterocycles. The van der Waals surface area contributed by atoms with Crippen LogP contribution in [0.15, 0.2) is 54.7 Å². The molecule has 2 aromatic carbocycles. The molecule has 1 amide bonds. The summed E-state index contributed by atoms with van der Waals surface area (Å²) in [7, 11) is 0. The minimum atomic E-state index is -0.0917. The monoisotopic (exact) mass is 417 g/mol. The summed E-state index contributed by atoms with van der Waals surface area (Å²) in [6, 6.07) is 17.3. The zero-order chi connectivity index (χ0) is 22.3. The second-order valence-corrected chi connectivity index (χ2v) is 8.51. The fourth-order valence-electron chi connectivity index (χ4n) is 4.48. The smallest absolute Gasteiger partial charge is 0.221 e. The molecule has 4 nitrogen and oxygen atoms in total. The van der Waals surface area contributed by atoms with Crippen LogP contribution in [0.3, 0.4) is 0 Å². The molecule has 1 aromatic heterocycles. The van der Waals surface area contributed by atoms with Crippen LogP contribution in [0, 0.1) is 6.92 Å². The number of rotatable bonds is 10. The molecule has 0 saturated carbocycles. The summed E-state index contributed by atoms with van der Waals surface area (Å²) in [6.07, 6.45) is 8.68. The maximum absolute atomic E-state index is 11.7. The van der Waals surface area contributed by atoms with E-state index >= 15 is 0 Å².